The van der Waals surface area contributed by atoms with Crippen LogP contribution in [0.1, 0.15) is 5.56 Å². The Hall–Kier alpha value is -2.88. The summed E-state index contributed by atoms with van der Waals surface area (Å²) in [6, 6.07) is 13.7. The van der Waals surface area contributed by atoms with Crippen molar-refractivity contribution in [3.05, 3.63) is 64.7 Å². The Labute approximate surface area is 126 Å². The van der Waals surface area contributed by atoms with Gasteiger partial charge in [0.1, 0.15) is 11.3 Å². The number of nitrogens with zero attached hydrogens (tertiary/aromatic N) is 2. The lowest BCUT2D eigenvalue weighted by atomic mass is 10.0. The third-order valence-electron chi connectivity index (χ3n) is 3.86. The first-order chi connectivity index (χ1) is 10.6. The Morgan fingerprint density at radius 2 is 1.95 bits per heavy atom. The summed E-state index contributed by atoms with van der Waals surface area (Å²) in [7, 11) is 1.71. The molecule has 4 aromatic rings. The zero-order chi connectivity index (χ0) is 15.3. The van der Waals surface area contributed by atoms with Gasteiger partial charge in [0, 0.05) is 18.0 Å². The maximum atomic E-state index is 12.3. The van der Waals surface area contributed by atoms with Gasteiger partial charge in [-0.05, 0) is 36.8 Å². The summed E-state index contributed by atoms with van der Waals surface area (Å²) in [5, 5.41) is 1.65. The molecule has 108 valence electrons. The predicted molar refractivity (Wildman–Crippen MR) is 86.9 cm³/mol. The second-order valence-electron chi connectivity index (χ2n) is 5.52. The Kier molecular flexibility index (Phi) is 2.66. The van der Waals surface area contributed by atoms with Gasteiger partial charge in [0.2, 0.25) is 0 Å². The lowest BCUT2D eigenvalue weighted by Gasteiger charge is -2.06. The molecule has 0 N–H and O–H groups in total. The average Bonchev–Trinajstić information content (AvgIpc) is 2.94. The molecule has 2 aromatic heterocycles. The van der Waals surface area contributed by atoms with Crippen LogP contribution in [0.5, 0.6) is 0 Å². The molecule has 0 atom stereocenters. The molecule has 0 spiro atoms. The molecule has 0 aliphatic heterocycles. The molecule has 2 aromatic carbocycles. The average molecular weight is 290 g/mol. The van der Waals surface area contributed by atoms with Crippen LogP contribution in [0.4, 0.5) is 0 Å². The van der Waals surface area contributed by atoms with Crippen LogP contribution in [0.3, 0.4) is 0 Å². The Morgan fingerprint density at radius 3 is 2.77 bits per heavy atom. The van der Waals surface area contributed by atoms with Crippen molar-refractivity contribution in [3.8, 4) is 11.3 Å². The van der Waals surface area contributed by atoms with Crippen molar-refractivity contribution in [1.29, 1.82) is 0 Å². The van der Waals surface area contributed by atoms with Crippen molar-refractivity contribution in [1.82, 2.24) is 9.55 Å². The predicted octanol–water partition coefficient (Wildman–Crippen LogP) is 3.66. The molecule has 0 amide bonds. The lowest BCUT2D eigenvalue weighted by Crippen LogP contribution is -2.17. The Balaban J connectivity index is 2.10. The molecule has 4 nitrogen and oxygen atoms in total. The highest BCUT2D eigenvalue weighted by Gasteiger charge is 2.13. The Bertz CT molecular complexity index is 1040. The SMILES string of the molecule is Cc1cc(-c2cc3ccccc3o2)c2ncn(C)c(=O)c2c1. The van der Waals surface area contributed by atoms with E-state index in [0.717, 1.165) is 27.9 Å². The summed E-state index contributed by atoms with van der Waals surface area (Å²) in [5.41, 5.74) is 3.31. The number of para-hydroxylation sites is 1. The van der Waals surface area contributed by atoms with E-state index in [0.29, 0.717) is 10.9 Å². The third-order valence-corrected chi connectivity index (χ3v) is 3.86. The van der Waals surface area contributed by atoms with E-state index in [9.17, 15) is 4.79 Å². The van der Waals surface area contributed by atoms with Gasteiger partial charge in [-0.2, -0.15) is 0 Å². The first-order valence-corrected chi connectivity index (χ1v) is 7.08. The smallest absolute Gasteiger partial charge is 0.260 e. The monoisotopic (exact) mass is 290 g/mol. The van der Waals surface area contributed by atoms with E-state index in [4.69, 9.17) is 4.42 Å². The molecular weight excluding hydrogens is 276 g/mol. The molecule has 0 aliphatic rings. The van der Waals surface area contributed by atoms with Gasteiger partial charge in [-0.3, -0.25) is 4.79 Å². The van der Waals surface area contributed by atoms with Crippen LogP contribution in [0, 0.1) is 6.92 Å². The first kappa shape index (κ1) is 12.8. The number of rotatable bonds is 1. The van der Waals surface area contributed by atoms with Gasteiger partial charge in [-0.15, -0.1) is 0 Å². The molecule has 4 heteroatoms. The molecule has 0 radical (unpaired) electrons. The fourth-order valence-electron chi connectivity index (χ4n) is 2.77. The molecular formula is C18H14N2O2. The van der Waals surface area contributed by atoms with Crippen LogP contribution in [0.2, 0.25) is 0 Å². The normalized spacial score (nSPS) is 11.4. The number of aromatic nitrogens is 2. The van der Waals surface area contributed by atoms with Crippen molar-refractivity contribution in [3.63, 3.8) is 0 Å². The minimum absolute atomic E-state index is 0.0499. The highest BCUT2D eigenvalue weighted by atomic mass is 16.3. The molecule has 0 fully saturated rings. The second-order valence-corrected chi connectivity index (χ2v) is 5.52. The van der Waals surface area contributed by atoms with Crippen molar-refractivity contribution >= 4 is 21.9 Å². The molecule has 0 saturated carbocycles. The molecule has 4 rings (SSSR count). The number of benzene rings is 2. The Morgan fingerprint density at radius 1 is 1.14 bits per heavy atom. The van der Waals surface area contributed by atoms with E-state index >= 15 is 0 Å². The van der Waals surface area contributed by atoms with Gasteiger partial charge in [0.25, 0.3) is 5.56 Å². The van der Waals surface area contributed by atoms with E-state index in [1.54, 1.807) is 13.4 Å². The topological polar surface area (TPSA) is 48.0 Å². The molecule has 0 bridgehead atoms. The van der Waals surface area contributed by atoms with Crippen molar-refractivity contribution in [2.75, 3.05) is 0 Å². The van der Waals surface area contributed by atoms with Crippen LogP contribution in [-0.4, -0.2) is 9.55 Å². The number of fused-ring (bicyclic) bond motifs is 2. The van der Waals surface area contributed by atoms with Crippen LogP contribution in [0.25, 0.3) is 33.2 Å². The van der Waals surface area contributed by atoms with Crippen molar-refractivity contribution < 1.29 is 4.42 Å². The molecule has 0 aliphatic carbocycles. The quantitative estimate of drug-likeness (QED) is 0.537. The lowest BCUT2D eigenvalue weighted by molar-refractivity contribution is 0.632. The summed E-state index contributed by atoms with van der Waals surface area (Å²) in [6.45, 7) is 1.97. The largest absolute Gasteiger partial charge is 0.456 e. The summed E-state index contributed by atoms with van der Waals surface area (Å²) in [5.74, 6) is 0.732. The van der Waals surface area contributed by atoms with E-state index in [2.05, 4.69) is 4.98 Å². The molecule has 0 saturated heterocycles. The van der Waals surface area contributed by atoms with Gasteiger partial charge >= 0.3 is 0 Å². The minimum Gasteiger partial charge on any atom is -0.456 e. The standard InChI is InChI=1S/C18H14N2O2/c1-11-7-13(16-9-12-5-3-4-6-15(12)22-16)17-14(8-11)18(21)20(2)10-19-17/h3-10H,1-2H3. The summed E-state index contributed by atoms with van der Waals surface area (Å²) < 4.78 is 7.43. The molecule has 2 heterocycles. The zero-order valence-corrected chi connectivity index (χ0v) is 12.3. The first-order valence-electron chi connectivity index (χ1n) is 7.08. The number of hydrogen-bond acceptors (Lipinski definition) is 3. The van der Waals surface area contributed by atoms with Gasteiger partial charge in [0.05, 0.1) is 17.2 Å². The molecule has 0 unspecified atom stereocenters. The van der Waals surface area contributed by atoms with Gasteiger partial charge < -0.3 is 8.98 Å². The van der Waals surface area contributed by atoms with E-state index < -0.39 is 0 Å². The fourth-order valence-corrected chi connectivity index (χ4v) is 2.77. The van der Waals surface area contributed by atoms with E-state index in [1.807, 2.05) is 49.4 Å². The maximum Gasteiger partial charge on any atom is 0.260 e. The van der Waals surface area contributed by atoms with Gasteiger partial charge in [-0.1, -0.05) is 18.2 Å². The molecule has 22 heavy (non-hydrogen) atoms. The minimum atomic E-state index is -0.0499. The van der Waals surface area contributed by atoms with Crippen molar-refractivity contribution in [2.45, 2.75) is 6.92 Å². The van der Waals surface area contributed by atoms with E-state index in [1.165, 1.54) is 4.57 Å². The highest BCUT2D eigenvalue weighted by molar-refractivity contribution is 5.95. The van der Waals surface area contributed by atoms with Gasteiger partial charge in [0.15, 0.2) is 0 Å². The van der Waals surface area contributed by atoms with Gasteiger partial charge in [-0.25, -0.2) is 4.98 Å². The summed E-state index contributed by atoms with van der Waals surface area (Å²) in [6.07, 6.45) is 1.55. The second kappa shape index (κ2) is 4.56. The zero-order valence-electron chi connectivity index (χ0n) is 12.3. The van der Waals surface area contributed by atoms with Crippen molar-refractivity contribution in [2.24, 2.45) is 7.05 Å². The van der Waals surface area contributed by atoms with Crippen LogP contribution in [0.15, 0.2) is 58.0 Å². The highest BCUT2D eigenvalue weighted by Crippen LogP contribution is 2.32. The van der Waals surface area contributed by atoms with E-state index in [-0.39, 0.29) is 5.56 Å². The number of aryl methyl sites for hydroxylation is 2. The summed E-state index contributed by atoms with van der Waals surface area (Å²) in [4.78, 5) is 16.8. The van der Waals surface area contributed by atoms with Crippen LogP contribution in [-0.2, 0) is 7.05 Å². The fraction of sp³-hybridized carbons (Fsp3) is 0.111. The van der Waals surface area contributed by atoms with Crippen LogP contribution >= 0.6 is 0 Å². The number of hydrogen-bond donors (Lipinski definition) is 0. The summed E-state index contributed by atoms with van der Waals surface area (Å²) >= 11 is 0. The number of furan rings is 1. The third kappa shape index (κ3) is 1.84. The maximum absolute atomic E-state index is 12.3. The van der Waals surface area contributed by atoms with Crippen LogP contribution < -0.4 is 5.56 Å².